The fraction of sp³-hybridized carbons (Fsp3) is 0.714. The molecule has 3 N–H and O–H groups in total. The lowest BCUT2D eigenvalue weighted by atomic mass is 9.45. The van der Waals surface area contributed by atoms with Gasteiger partial charge in [-0.25, -0.2) is 0 Å². The molecule has 2 aliphatic carbocycles. The molecule has 24 heavy (non-hydrogen) atoms. The Labute approximate surface area is 145 Å². The third kappa shape index (κ3) is 2.71. The van der Waals surface area contributed by atoms with Crippen molar-refractivity contribution in [2.24, 2.45) is 22.7 Å². The highest BCUT2D eigenvalue weighted by Crippen LogP contribution is 2.62. The van der Waals surface area contributed by atoms with Gasteiger partial charge in [0.2, 0.25) is 0 Å². The first-order chi connectivity index (χ1) is 11.1. The predicted molar refractivity (Wildman–Crippen MR) is 96.1 cm³/mol. The highest BCUT2D eigenvalue weighted by atomic mass is 16.3. The lowest BCUT2D eigenvalue weighted by Crippen LogP contribution is -2.58. The normalized spacial score (nSPS) is 38.5. The summed E-state index contributed by atoms with van der Waals surface area (Å²) in [6.45, 7) is 9.05. The number of phenols is 2. The summed E-state index contributed by atoms with van der Waals surface area (Å²) in [5.41, 5.74) is 0.353. The van der Waals surface area contributed by atoms with Crippen LogP contribution in [0.5, 0.6) is 11.5 Å². The maximum absolute atomic E-state index is 11.2. The van der Waals surface area contributed by atoms with Crippen LogP contribution in [0.25, 0.3) is 0 Å². The summed E-state index contributed by atoms with van der Waals surface area (Å²) in [6, 6.07) is 5.14. The molecule has 0 radical (unpaired) electrons. The number of aromatic hydroxyl groups is 2. The zero-order valence-electron chi connectivity index (χ0n) is 15.5. The molecule has 3 rings (SSSR count). The molecule has 0 aromatic heterocycles. The summed E-state index contributed by atoms with van der Waals surface area (Å²) < 4.78 is 0. The molecule has 3 heteroatoms. The van der Waals surface area contributed by atoms with Gasteiger partial charge in [0.05, 0.1) is 5.60 Å². The molecule has 0 bridgehead atoms. The van der Waals surface area contributed by atoms with E-state index >= 15 is 0 Å². The van der Waals surface area contributed by atoms with Crippen LogP contribution in [0.4, 0.5) is 0 Å². The van der Waals surface area contributed by atoms with Crippen LogP contribution in [0.3, 0.4) is 0 Å². The van der Waals surface area contributed by atoms with Crippen LogP contribution in [0.15, 0.2) is 18.2 Å². The number of aliphatic hydroxyl groups is 1. The van der Waals surface area contributed by atoms with Crippen LogP contribution in [-0.4, -0.2) is 20.9 Å². The van der Waals surface area contributed by atoms with Crippen molar-refractivity contribution in [3.63, 3.8) is 0 Å². The number of hydrogen-bond donors (Lipinski definition) is 3. The van der Waals surface area contributed by atoms with Crippen molar-refractivity contribution >= 4 is 0 Å². The predicted octanol–water partition coefficient (Wildman–Crippen LogP) is 4.63. The number of fused-ring (bicyclic) bond motifs is 1. The molecule has 0 aliphatic heterocycles. The molecule has 3 nitrogen and oxygen atoms in total. The van der Waals surface area contributed by atoms with E-state index in [-0.39, 0.29) is 22.8 Å². The smallest absolute Gasteiger partial charge is 0.160 e. The third-order valence-corrected chi connectivity index (χ3v) is 7.28. The van der Waals surface area contributed by atoms with Crippen molar-refractivity contribution in [2.45, 2.75) is 71.8 Å². The van der Waals surface area contributed by atoms with Crippen LogP contribution < -0.4 is 0 Å². The Bertz CT molecular complexity index is 620. The van der Waals surface area contributed by atoms with Gasteiger partial charge < -0.3 is 15.3 Å². The first-order valence-electron chi connectivity index (χ1n) is 9.30. The number of rotatable bonds is 2. The SMILES string of the molecule is CC1(C)CCC[C@]2(C)[C@@H](Cc3cccc(O)c3O)[C@](C)(O)CC[C@@H]12. The summed E-state index contributed by atoms with van der Waals surface area (Å²) >= 11 is 0. The maximum atomic E-state index is 11.2. The van der Waals surface area contributed by atoms with Crippen molar-refractivity contribution in [1.29, 1.82) is 0 Å². The van der Waals surface area contributed by atoms with Crippen molar-refractivity contribution < 1.29 is 15.3 Å². The lowest BCUT2D eigenvalue weighted by molar-refractivity contribution is -0.166. The lowest BCUT2D eigenvalue weighted by Gasteiger charge is -2.61. The van der Waals surface area contributed by atoms with E-state index < -0.39 is 5.60 Å². The zero-order chi connectivity index (χ0) is 17.8. The van der Waals surface area contributed by atoms with E-state index in [2.05, 4.69) is 20.8 Å². The molecule has 0 heterocycles. The molecule has 1 aromatic rings. The quantitative estimate of drug-likeness (QED) is 0.692. The van der Waals surface area contributed by atoms with E-state index in [9.17, 15) is 15.3 Å². The molecule has 0 unspecified atom stereocenters. The van der Waals surface area contributed by atoms with Crippen LogP contribution >= 0.6 is 0 Å². The molecule has 2 saturated carbocycles. The second-order valence-corrected chi connectivity index (χ2v) is 9.34. The van der Waals surface area contributed by atoms with Crippen LogP contribution in [-0.2, 0) is 6.42 Å². The first kappa shape index (κ1) is 17.6. The molecule has 0 saturated heterocycles. The summed E-state index contributed by atoms with van der Waals surface area (Å²) in [5.74, 6) is 0.558. The molecule has 2 aliphatic rings. The molecule has 2 fully saturated rings. The van der Waals surface area contributed by atoms with E-state index in [4.69, 9.17) is 0 Å². The van der Waals surface area contributed by atoms with Crippen molar-refractivity contribution in [2.75, 3.05) is 0 Å². The second kappa shape index (κ2) is 5.66. The molecule has 1 aromatic carbocycles. The minimum Gasteiger partial charge on any atom is -0.504 e. The first-order valence-corrected chi connectivity index (χ1v) is 9.30. The van der Waals surface area contributed by atoms with Gasteiger partial charge in [-0.05, 0) is 73.3 Å². The fourth-order valence-corrected chi connectivity index (χ4v) is 6.04. The van der Waals surface area contributed by atoms with Crippen molar-refractivity contribution in [3.8, 4) is 11.5 Å². The monoisotopic (exact) mass is 332 g/mol. The zero-order valence-corrected chi connectivity index (χ0v) is 15.5. The summed E-state index contributed by atoms with van der Waals surface area (Å²) in [6.07, 6.45) is 6.05. The van der Waals surface area contributed by atoms with Gasteiger partial charge in [0.25, 0.3) is 0 Å². The molecule has 134 valence electrons. The Morgan fingerprint density at radius 2 is 1.75 bits per heavy atom. The van der Waals surface area contributed by atoms with E-state index in [1.165, 1.54) is 18.9 Å². The van der Waals surface area contributed by atoms with Crippen molar-refractivity contribution in [1.82, 2.24) is 0 Å². The van der Waals surface area contributed by atoms with E-state index in [0.29, 0.717) is 17.8 Å². The number of benzene rings is 1. The summed E-state index contributed by atoms with van der Waals surface area (Å²) in [5, 5.41) is 31.3. The van der Waals surface area contributed by atoms with Gasteiger partial charge in [0.1, 0.15) is 0 Å². The summed E-state index contributed by atoms with van der Waals surface area (Å²) in [4.78, 5) is 0. The van der Waals surface area contributed by atoms with Gasteiger partial charge in [-0.15, -0.1) is 0 Å². The molecule has 4 atom stereocenters. The van der Waals surface area contributed by atoms with Crippen LogP contribution in [0.2, 0.25) is 0 Å². The third-order valence-electron chi connectivity index (χ3n) is 7.28. The average molecular weight is 332 g/mol. The van der Waals surface area contributed by atoms with Gasteiger partial charge in [-0.1, -0.05) is 39.3 Å². The van der Waals surface area contributed by atoms with Crippen LogP contribution in [0.1, 0.15) is 65.4 Å². The topological polar surface area (TPSA) is 60.7 Å². The minimum atomic E-state index is -0.740. The van der Waals surface area contributed by atoms with E-state index in [1.807, 2.05) is 13.0 Å². The Hall–Kier alpha value is -1.22. The second-order valence-electron chi connectivity index (χ2n) is 9.34. The van der Waals surface area contributed by atoms with Gasteiger partial charge in [-0.2, -0.15) is 0 Å². The fourth-order valence-electron chi connectivity index (χ4n) is 6.04. The summed E-state index contributed by atoms with van der Waals surface area (Å²) in [7, 11) is 0. The molecular formula is C21H32O3. The Morgan fingerprint density at radius 1 is 1.04 bits per heavy atom. The highest BCUT2D eigenvalue weighted by Gasteiger charge is 2.57. The van der Waals surface area contributed by atoms with Gasteiger partial charge in [0, 0.05) is 0 Å². The average Bonchev–Trinajstić information content (AvgIpc) is 2.46. The minimum absolute atomic E-state index is 0.0332. The van der Waals surface area contributed by atoms with E-state index in [1.54, 1.807) is 6.07 Å². The van der Waals surface area contributed by atoms with Gasteiger partial charge in [-0.3, -0.25) is 0 Å². The molecule has 0 spiro atoms. The Kier molecular flexibility index (Phi) is 4.15. The maximum Gasteiger partial charge on any atom is 0.160 e. The standard InChI is InChI=1S/C21H32O3/c1-19(2)10-6-11-20(3)16(19)9-12-21(4,24)17(20)13-14-7-5-8-15(22)18(14)23/h5,7-8,16-17,22-24H,6,9-13H2,1-4H3/t16-,17+,20-,21+/m0/s1. The van der Waals surface area contributed by atoms with Crippen molar-refractivity contribution in [3.05, 3.63) is 23.8 Å². The number of hydrogen-bond acceptors (Lipinski definition) is 3. The highest BCUT2D eigenvalue weighted by molar-refractivity contribution is 5.44. The largest absolute Gasteiger partial charge is 0.504 e. The van der Waals surface area contributed by atoms with Gasteiger partial charge in [0.15, 0.2) is 11.5 Å². The van der Waals surface area contributed by atoms with Crippen LogP contribution in [0, 0.1) is 22.7 Å². The Morgan fingerprint density at radius 3 is 2.46 bits per heavy atom. The number of phenolic OH excluding ortho intramolecular Hbond substituents is 2. The number of para-hydroxylation sites is 1. The molecular weight excluding hydrogens is 300 g/mol. The van der Waals surface area contributed by atoms with E-state index in [0.717, 1.165) is 24.8 Å². The molecule has 0 amide bonds. The van der Waals surface area contributed by atoms with Gasteiger partial charge >= 0.3 is 0 Å². The Balaban J connectivity index is 2.00.